The maximum atomic E-state index is 10.5. The molecule has 0 spiro atoms. The molecule has 1 aliphatic carbocycles. The highest BCUT2D eigenvalue weighted by atomic mass is 16.6. The average Bonchev–Trinajstić information content (AvgIpc) is 2.85. The molecular weight excluding hydrogens is 282 g/mol. The van der Waals surface area contributed by atoms with E-state index in [9.17, 15) is 9.90 Å². The van der Waals surface area contributed by atoms with Gasteiger partial charge in [-0.25, -0.2) is 0 Å². The van der Waals surface area contributed by atoms with Gasteiger partial charge in [-0.1, -0.05) is 48.5 Å². The smallest absolute Gasteiger partial charge is 0.317 e. The van der Waals surface area contributed by atoms with Gasteiger partial charge in [-0.05, 0) is 22.3 Å². The van der Waals surface area contributed by atoms with Gasteiger partial charge in [0.2, 0.25) is 6.41 Å². The molecule has 0 heterocycles. The Morgan fingerprint density at radius 2 is 1.64 bits per heavy atom. The number of benzene rings is 2. The van der Waals surface area contributed by atoms with Crippen LogP contribution in [0.3, 0.4) is 0 Å². The summed E-state index contributed by atoms with van der Waals surface area (Å²) in [6.45, 7) is -0.0686. The lowest BCUT2D eigenvalue weighted by Crippen LogP contribution is -2.36. The lowest BCUT2D eigenvalue weighted by atomic mass is 9.98. The number of aliphatic carboxylic acids is 1. The molecule has 0 bridgehead atoms. The fraction of sp³-hybridized carbons (Fsp3) is 0.235. The lowest BCUT2D eigenvalue weighted by Gasteiger charge is -2.17. The van der Waals surface area contributed by atoms with Crippen LogP contribution in [0.5, 0.6) is 0 Å². The number of aliphatic hydroxyl groups is 1. The number of nitrogens with one attached hydrogen (secondary N) is 1. The summed E-state index contributed by atoms with van der Waals surface area (Å²) in [6, 6.07) is 16.2. The standard InChI is InChI=1S/C17H17NO4/c19-16(20)9-18-17(21)22-10-15-13-7-3-1-5-11(13)12-6-2-4-8-14(12)15/h1-8,15,17-18,21H,9-10H2,(H,19,20). The molecule has 3 rings (SSSR count). The summed E-state index contributed by atoms with van der Waals surface area (Å²) in [5.74, 6) is -1.01. The van der Waals surface area contributed by atoms with E-state index in [0.717, 1.165) is 11.1 Å². The molecule has 0 radical (unpaired) electrons. The Bertz CT molecular complexity index is 640. The summed E-state index contributed by atoms with van der Waals surface area (Å²) in [4.78, 5) is 10.5. The number of carboxylic acid groups (broad SMARTS) is 1. The molecule has 5 heteroatoms. The molecule has 22 heavy (non-hydrogen) atoms. The van der Waals surface area contributed by atoms with Crippen LogP contribution in [-0.4, -0.2) is 35.7 Å². The van der Waals surface area contributed by atoms with Crippen LogP contribution in [0, 0.1) is 0 Å². The zero-order valence-electron chi connectivity index (χ0n) is 11.9. The normalized spacial score (nSPS) is 14.4. The first-order valence-corrected chi connectivity index (χ1v) is 7.10. The number of ether oxygens (including phenoxy) is 1. The summed E-state index contributed by atoms with van der Waals surface area (Å²) in [6.07, 6.45) is -1.30. The molecule has 1 aliphatic rings. The molecule has 3 N–H and O–H groups in total. The summed E-state index contributed by atoms with van der Waals surface area (Å²) in [7, 11) is 0. The van der Waals surface area contributed by atoms with Crippen molar-refractivity contribution in [1.82, 2.24) is 5.32 Å². The highest BCUT2D eigenvalue weighted by Gasteiger charge is 2.28. The summed E-state index contributed by atoms with van der Waals surface area (Å²) in [5, 5.41) is 20.6. The van der Waals surface area contributed by atoms with E-state index in [0.29, 0.717) is 0 Å². The van der Waals surface area contributed by atoms with Gasteiger partial charge >= 0.3 is 5.97 Å². The largest absolute Gasteiger partial charge is 0.480 e. The molecule has 0 aromatic heterocycles. The van der Waals surface area contributed by atoms with Crippen LogP contribution in [0.15, 0.2) is 48.5 Å². The first-order chi connectivity index (χ1) is 10.7. The van der Waals surface area contributed by atoms with Crippen LogP contribution in [0.4, 0.5) is 0 Å². The fourth-order valence-electron chi connectivity index (χ4n) is 2.86. The second-order valence-corrected chi connectivity index (χ2v) is 5.19. The number of hydrogen-bond donors (Lipinski definition) is 3. The van der Waals surface area contributed by atoms with Crippen LogP contribution in [0.25, 0.3) is 11.1 Å². The lowest BCUT2D eigenvalue weighted by molar-refractivity contribution is -0.145. The van der Waals surface area contributed by atoms with Crippen molar-refractivity contribution >= 4 is 5.97 Å². The first kappa shape index (κ1) is 14.7. The Morgan fingerprint density at radius 3 is 2.18 bits per heavy atom. The third kappa shape index (κ3) is 2.87. The Hall–Kier alpha value is -2.21. The maximum absolute atomic E-state index is 10.5. The van der Waals surface area contributed by atoms with E-state index in [4.69, 9.17) is 9.84 Å². The van der Waals surface area contributed by atoms with Crippen molar-refractivity contribution in [3.8, 4) is 11.1 Å². The molecule has 0 amide bonds. The molecule has 2 aromatic rings. The third-order valence-corrected chi connectivity index (χ3v) is 3.81. The Balaban J connectivity index is 1.75. The van der Waals surface area contributed by atoms with E-state index in [1.807, 2.05) is 24.3 Å². The van der Waals surface area contributed by atoms with Crippen molar-refractivity contribution in [3.05, 3.63) is 59.7 Å². The number of fused-ring (bicyclic) bond motifs is 3. The van der Waals surface area contributed by atoms with E-state index < -0.39 is 12.4 Å². The van der Waals surface area contributed by atoms with E-state index in [2.05, 4.69) is 29.6 Å². The predicted octanol–water partition coefficient (Wildman–Crippen LogP) is 1.77. The van der Waals surface area contributed by atoms with Crippen molar-refractivity contribution in [2.24, 2.45) is 0 Å². The quantitative estimate of drug-likeness (QED) is 0.708. The summed E-state index contributed by atoms with van der Waals surface area (Å²) in [5.41, 5.74) is 4.68. The highest BCUT2D eigenvalue weighted by Crippen LogP contribution is 2.44. The van der Waals surface area contributed by atoms with Gasteiger partial charge in [-0.2, -0.15) is 0 Å². The minimum atomic E-state index is -1.30. The number of carbonyl (C=O) groups is 1. The van der Waals surface area contributed by atoms with Gasteiger partial charge in [0.25, 0.3) is 0 Å². The number of rotatable bonds is 6. The van der Waals surface area contributed by atoms with Gasteiger partial charge < -0.3 is 14.9 Å². The zero-order chi connectivity index (χ0) is 15.5. The van der Waals surface area contributed by atoms with Crippen molar-refractivity contribution in [2.45, 2.75) is 12.3 Å². The third-order valence-electron chi connectivity index (χ3n) is 3.81. The van der Waals surface area contributed by atoms with Gasteiger partial charge in [-0.3, -0.25) is 10.1 Å². The molecule has 1 unspecified atom stereocenters. The molecule has 114 valence electrons. The minimum Gasteiger partial charge on any atom is -0.480 e. The second-order valence-electron chi connectivity index (χ2n) is 5.19. The van der Waals surface area contributed by atoms with Crippen LogP contribution < -0.4 is 5.32 Å². The van der Waals surface area contributed by atoms with Crippen molar-refractivity contribution in [3.63, 3.8) is 0 Å². The number of carboxylic acids is 1. The Kier molecular flexibility index (Phi) is 4.20. The number of aliphatic hydroxyl groups excluding tert-OH is 1. The van der Waals surface area contributed by atoms with Gasteiger partial charge in [0.05, 0.1) is 13.2 Å². The SMILES string of the molecule is O=C(O)CNC(O)OCC1c2ccccc2-c2ccccc21. The molecular formula is C17H17NO4. The summed E-state index contributed by atoms with van der Waals surface area (Å²) >= 11 is 0. The topological polar surface area (TPSA) is 78.8 Å². The predicted molar refractivity (Wildman–Crippen MR) is 81.3 cm³/mol. The first-order valence-electron chi connectivity index (χ1n) is 7.10. The second kappa shape index (κ2) is 6.27. The number of hydrogen-bond acceptors (Lipinski definition) is 4. The highest BCUT2D eigenvalue weighted by molar-refractivity contribution is 5.78. The minimum absolute atomic E-state index is 0.0358. The maximum Gasteiger partial charge on any atom is 0.317 e. The molecule has 0 saturated heterocycles. The van der Waals surface area contributed by atoms with Crippen LogP contribution in [-0.2, 0) is 9.53 Å². The van der Waals surface area contributed by atoms with Crippen LogP contribution >= 0.6 is 0 Å². The van der Waals surface area contributed by atoms with Crippen molar-refractivity contribution in [2.75, 3.05) is 13.2 Å². The zero-order valence-corrected chi connectivity index (χ0v) is 11.9. The molecule has 0 fully saturated rings. The Morgan fingerprint density at radius 1 is 1.09 bits per heavy atom. The van der Waals surface area contributed by atoms with Crippen LogP contribution in [0.1, 0.15) is 17.0 Å². The molecule has 5 nitrogen and oxygen atoms in total. The van der Waals surface area contributed by atoms with E-state index in [-0.39, 0.29) is 19.1 Å². The molecule has 0 saturated carbocycles. The average molecular weight is 299 g/mol. The van der Waals surface area contributed by atoms with Crippen molar-refractivity contribution < 1.29 is 19.7 Å². The van der Waals surface area contributed by atoms with Gasteiger partial charge in [0.15, 0.2) is 0 Å². The van der Waals surface area contributed by atoms with Crippen molar-refractivity contribution in [1.29, 1.82) is 0 Å². The van der Waals surface area contributed by atoms with Crippen LogP contribution in [0.2, 0.25) is 0 Å². The van der Waals surface area contributed by atoms with E-state index in [1.54, 1.807) is 0 Å². The van der Waals surface area contributed by atoms with E-state index >= 15 is 0 Å². The fourth-order valence-corrected chi connectivity index (χ4v) is 2.86. The van der Waals surface area contributed by atoms with E-state index in [1.165, 1.54) is 11.1 Å². The Labute approximate surface area is 128 Å². The monoisotopic (exact) mass is 299 g/mol. The molecule has 0 aliphatic heterocycles. The van der Waals surface area contributed by atoms with Gasteiger partial charge in [0.1, 0.15) is 0 Å². The molecule has 1 atom stereocenters. The summed E-state index contributed by atoms with van der Waals surface area (Å²) < 4.78 is 5.37. The van der Waals surface area contributed by atoms with Gasteiger partial charge in [0, 0.05) is 5.92 Å². The molecule has 2 aromatic carbocycles. The van der Waals surface area contributed by atoms with Gasteiger partial charge in [-0.15, -0.1) is 0 Å².